The van der Waals surface area contributed by atoms with Crippen LogP contribution in [0.2, 0.25) is 0 Å². The number of fused-ring (bicyclic) bond motifs is 1. The van der Waals surface area contributed by atoms with Crippen LogP contribution >= 0.6 is 11.3 Å². The third kappa shape index (κ3) is 5.38. The van der Waals surface area contributed by atoms with Gasteiger partial charge < -0.3 is 19.4 Å². The number of para-hydroxylation sites is 1. The summed E-state index contributed by atoms with van der Waals surface area (Å²) in [6.07, 6.45) is 0. The highest BCUT2D eigenvalue weighted by Gasteiger charge is 2.13. The molecule has 0 fully saturated rings. The van der Waals surface area contributed by atoms with Gasteiger partial charge in [0.25, 0.3) is 5.91 Å². The van der Waals surface area contributed by atoms with Crippen molar-refractivity contribution in [2.75, 3.05) is 12.4 Å². The highest BCUT2D eigenvalue weighted by molar-refractivity contribution is 7.16. The van der Waals surface area contributed by atoms with Crippen molar-refractivity contribution in [3.05, 3.63) is 83.2 Å². The lowest BCUT2D eigenvalue weighted by Crippen LogP contribution is -2.22. The first-order valence-electron chi connectivity index (χ1n) is 10.3. The average Bonchev–Trinajstić information content (AvgIpc) is 3.15. The van der Waals surface area contributed by atoms with Crippen molar-refractivity contribution < 1.29 is 23.9 Å². The highest BCUT2D eigenvalue weighted by atomic mass is 32.1. The number of ether oxygens (including phenoxy) is 2. The lowest BCUT2D eigenvalue weighted by atomic mass is 10.2. The molecular formula is C25H21N3O5S. The maximum atomic E-state index is 12.9. The monoisotopic (exact) mass is 475 g/mol. The molecule has 0 radical (unpaired) electrons. The number of methoxy groups -OCH3 is 1. The third-order valence-electron chi connectivity index (χ3n) is 4.80. The van der Waals surface area contributed by atoms with E-state index in [0.29, 0.717) is 33.1 Å². The van der Waals surface area contributed by atoms with Gasteiger partial charge in [-0.05, 0) is 54.6 Å². The standard InChI is InChI=1S/C25H21N3O5S/c1-16(29)26-18-10-13-21-22(14-18)34-25(28(21)15-23(30)32-2)27-24(31)17-8-11-20(12-9-17)33-19-6-4-3-5-7-19/h3-14H,15H2,1-2H3,(H,26,29). The zero-order valence-electron chi connectivity index (χ0n) is 18.5. The Kier molecular flexibility index (Phi) is 6.84. The summed E-state index contributed by atoms with van der Waals surface area (Å²) in [5.41, 5.74) is 1.68. The molecule has 0 aliphatic rings. The normalized spacial score (nSPS) is 11.3. The van der Waals surface area contributed by atoms with Crippen molar-refractivity contribution in [2.24, 2.45) is 4.99 Å². The van der Waals surface area contributed by atoms with Crippen LogP contribution in [0.1, 0.15) is 17.3 Å². The molecule has 0 saturated carbocycles. The predicted octanol–water partition coefficient (Wildman–Crippen LogP) is 4.37. The molecule has 1 N–H and O–H groups in total. The molecule has 0 atom stereocenters. The maximum absolute atomic E-state index is 12.9. The molecule has 0 unspecified atom stereocenters. The first kappa shape index (κ1) is 22.9. The van der Waals surface area contributed by atoms with E-state index in [1.807, 2.05) is 30.3 Å². The van der Waals surface area contributed by atoms with E-state index in [1.54, 1.807) is 47.0 Å². The van der Waals surface area contributed by atoms with Gasteiger partial charge >= 0.3 is 5.97 Å². The average molecular weight is 476 g/mol. The molecule has 8 nitrogen and oxygen atoms in total. The number of benzene rings is 3. The van der Waals surface area contributed by atoms with Crippen LogP contribution in [0.4, 0.5) is 5.69 Å². The molecule has 0 saturated heterocycles. The molecule has 0 aliphatic carbocycles. The zero-order chi connectivity index (χ0) is 24.1. The van der Waals surface area contributed by atoms with Crippen molar-refractivity contribution in [3.8, 4) is 11.5 Å². The summed E-state index contributed by atoms with van der Waals surface area (Å²) in [4.78, 5) is 40.9. The van der Waals surface area contributed by atoms with Crippen molar-refractivity contribution in [1.82, 2.24) is 4.57 Å². The number of rotatable bonds is 6. The van der Waals surface area contributed by atoms with Crippen molar-refractivity contribution in [2.45, 2.75) is 13.5 Å². The lowest BCUT2D eigenvalue weighted by molar-refractivity contribution is -0.141. The number of nitrogens with zero attached hydrogens (tertiary/aromatic N) is 2. The second-order valence-corrected chi connectivity index (χ2v) is 8.28. The molecule has 9 heteroatoms. The molecule has 1 heterocycles. The Bertz CT molecular complexity index is 1420. The second-order valence-electron chi connectivity index (χ2n) is 7.27. The largest absolute Gasteiger partial charge is 0.468 e. The molecule has 0 aliphatic heterocycles. The number of carbonyl (C=O) groups excluding carboxylic acids is 3. The van der Waals surface area contributed by atoms with E-state index in [2.05, 4.69) is 10.3 Å². The molecule has 1 aromatic heterocycles. The van der Waals surface area contributed by atoms with Crippen LogP contribution < -0.4 is 14.9 Å². The zero-order valence-corrected chi connectivity index (χ0v) is 19.3. The summed E-state index contributed by atoms with van der Waals surface area (Å²) in [5, 5.41) is 2.72. The smallest absolute Gasteiger partial charge is 0.325 e. The number of nitrogens with one attached hydrogen (secondary N) is 1. The van der Waals surface area contributed by atoms with E-state index in [1.165, 1.54) is 25.4 Å². The molecule has 3 aromatic carbocycles. The van der Waals surface area contributed by atoms with E-state index in [9.17, 15) is 14.4 Å². The van der Waals surface area contributed by atoms with Gasteiger partial charge in [0, 0.05) is 18.2 Å². The van der Waals surface area contributed by atoms with Crippen LogP contribution in [0.25, 0.3) is 10.2 Å². The number of hydrogen-bond acceptors (Lipinski definition) is 6. The fourth-order valence-electron chi connectivity index (χ4n) is 3.23. The number of amides is 2. The summed E-state index contributed by atoms with van der Waals surface area (Å²) in [6.45, 7) is 1.32. The first-order valence-corrected chi connectivity index (χ1v) is 11.1. The summed E-state index contributed by atoms with van der Waals surface area (Å²) in [6, 6.07) is 21.3. The number of thiazole rings is 1. The lowest BCUT2D eigenvalue weighted by Gasteiger charge is -2.06. The second kappa shape index (κ2) is 10.1. The minimum Gasteiger partial charge on any atom is -0.468 e. The molecule has 4 aromatic rings. The quantitative estimate of drug-likeness (QED) is 0.418. The maximum Gasteiger partial charge on any atom is 0.325 e. The molecule has 0 bridgehead atoms. The van der Waals surface area contributed by atoms with Gasteiger partial charge in [0.05, 0.1) is 17.3 Å². The Hall–Kier alpha value is -4.24. The first-order chi connectivity index (χ1) is 16.4. The van der Waals surface area contributed by atoms with Crippen LogP contribution in [0.3, 0.4) is 0 Å². The van der Waals surface area contributed by atoms with E-state index in [4.69, 9.17) is 9.47 Å². The van der Waals surface area contributed by atoms with Gasteiger partial charge in [-0.1, -0.05) is 29.5 Å². The fourth-order valence-corrected chi connectivity index (χ4v) is 4.29. The fraction of sp³-hybridized carbons (Fsp3) is 0.120. The van der Waals surface area contributed by atoms with E-state index in [0.717, 1.165) is 4.70 Å². The topological polar surface area (TPSA) is 99.0 Å². The Morgan fingerprint density at radius 2 is 1.68 bits per heavy atom. The van der Waals surface area contributed by atoms with Crippen molar-refractivity contribution in [3.63, 3.8) is 0 Å². The van der Waals surface area contributed by atoms with Crippen LogP contribution in [0, 0.1) is 0 Å². The van der Waals surface area contributed by atoms with Crippen LogP contribution in [0.15, 0.2) is 77.8 Å². The van der Waals surface area contributed by atoms with Gasteiger partial charge in [-0.3, -0.25) is 14.4 Å². The number of anilines is 1. The highest BCUT2D eigenvalue weighted by Crippen LogP contribution is 2.23. The third-order valence-corrected chi connectivity index (χ3v) is 5.84. The van der Waals surface area contributed by atoms with Gasteiger partial charge in [0.1, 0.15) is 18.0 Å². The number of esters is 1. The summed E-state index contributed by atoms with van der Waals surface area (Å²) in [7, 11) is 1.30. The Balaban J connectivity index is 1.66. The van der Waals surface area contributed by atoms with Crippen LogP contribution in [0.5, 0.6) is 11.5 Å². The summed E-state index contributed by atoms with van der Waals surface area (Å²) < 4.78 is 12.9. The van der Waals surface area contributed by atoms with Gasteiger partial charge in [0.2, 0.25) is 5.91 Å². The number of hydrogen-bond donors (Lipinski definition) is 1. The minimum atomic E-state index is -0.470. The van der Waals surface area contributed by atoms with Crippen LogP contribution in [-0.4, -0.2) is 29.5 Å². The predicted molar refractivity (Wildman–Crippen MR) is 129 cm³/mol. The van der Waals surface area contributed by atoms with E-state index in [-0.39, 0.29) is 12.5 Å². The van der Waals surface area contributed by atoms with Crippen molar-refractivity contribution >= 4 is 45.0 Å². The number of aromatic nitrogens is 1. The Morgan fingerprint density at radius 1 is 0.971 bits per heavy atom. The summed E-state index contributed by atoms with van der Waals surface area (Å²) in [5.74, 6) is 0.161. The molecule has 172 valence electrons. The van der Waals surface area contributed by atoms with Crippen LogP contribution in [-0.2, 0) is 20.9 Å². The number of carbonyl (C=O) groups is 3. The molecule has 34 heavy (non-hydrogen) atoms. The van der Waals surface area contributed by atoms with Crippen molar-refractivity contribution in [1.29, 1.82) is 0 Å². The van der Waals surface area contributed by atoms with Gasteiger partial charge in [-0.2, -0.15) is 4.99 Å². The van der Waals surface area contributed by atoms with E-state index < -0.39 is 11.9 Å². The Morgan fingerprint density at radius 3 is 2.35 bits per heavy atom. The molecule has 4 rings (SSSR count). The minimum absolute atomic E-state index is 0.105. The van der Waals surface area contributed by atoms with Gasteiger partial charge in [-0.15, -0.1) is 0 Å². The molecule has 0 spiro atoms. The molecule has 2 amide bonds. The molecular weight excluding hydrogens is 454 g/mol. The summed E-state index contributed by atoms with van der Waals surface area (Å²) >= 11 is 1.24. The SMILES string of the molecule is COC(=O)Cn1c(=NC(=O)c2ccc(Oc3ccccc3)cc2)sc2cc(NC(C)=O)ccc21. The van der Waals surface area contributed by atoms with Gasteiger partial charge in [0.15, 0.2) is 4.80 Å². The Labute approximate surface area is 199 Å². The van der Waals surface area contributed by atoms with E-state index >= 15 is 0 Å². The van der Waals surface area contributed by atoms with Gasteiger partial charge in [-0.25, -0.2) is 0 Å².